The van der Waals surface area contributed by atoms with Gasteiger partial charge >= 0.3 is 11.6 Å². The first-order chi connectivity index (χ1) is 17.3. The number of fused-ring (bicyclic) bond motifs is 1. The van der Waals surface area contributed by atoms with Crippen LogP contribution in [0.4, 0.5) is 0 Å². The molecule has 1 atom stereocenters. The monoisotopic (exact) mass is 550 g/mol. The minimum Gasteiger partial charge on any atom is -0.465 e. The van der Waals surface area contributed by atoms with Gasteiger partial charge in [-0.1, -0.05) is 29.3 Å². The topological polar surface area (TPSA) is 98.1 Å². The summed E-state index contributed by atoms with van der Waals surface area (Å²) in [4.78, 5) is 39.2. The fourth-order valence-corrected chi connectivity index (χ4v) is 4.91. The molecule has 1 aliphatic rings. The molecule has 0 bridgehead atoms. The molecule has 3 aromatic rings. The van der Waals surface area contributed by atoms with Gasteiger partial charge in [0.05, 0.1) is 35.6 Å². The standard InChI is InChI=1S/C25H24Cl2N2O6S/c1-33-24(31)19-10-16-9-18(3-5-22(16)35-25(19)32)36-14-23(30)28-11-17-13-29(6-7-34-17)12-15-2-4-20(26)21(27)8-15/h2-5,8-10,17H,6-7,11-14H2,1H3,(H,28,30)/t17-/m0/s1. The Bertz CT molecular complexity index is 1330. The molecular formula is C25H24Cl2N2O6S. The summed E-state index contributed by atoms with van der Waals surface area (Å²) < 4.78 is 15.6. The Kier molecular flexibility index (Phi) is 8.92. The van der Waals surface area contributed by atoms with Crippen molar-refractivity contribution in [3.8, 4) is 0 Å². The largest absolute Gasteiger partial charge is 0.465 e. The number of carbonyl (C=O) groups excluding carboxylic acids is 2. The molecule has 0 radical (unpaired) electrons. The molecule has 1 saturated heterocycles. The first-order valence-corrected chi connectivity index (χ1v) is 12.9. The molecule has 0 saturated carbocycles. The Balaban J connectivity index is 1.27. The highest BCUT2D eigenvalue weighted by Gasteiger charge is 2.21. The maximum atomic E-state index is 12.4. The van der Waals surface area contributed by atoms with E-state index >= 15 is 0 Å². The molecule has 36 heavy (non-hydrogen) atoms. The maximum Gasteiger partial charge on any atom is 0.351 e. The van der Waals surface area contributed by atoms with Crippen LogP contribution in [0.2, 0.25) is 10.0 Å². The van der Waals surface area contributed by atoms with Crippen molar-refractivity contribution in [3.05, 3.63) is 74.1 Å². The number of benzene rings is 2. The second kappa shape index (κ2) is 12.1. The van der Waals surface area contributed by atoms with Gasteiger partial charge in [0, 0.05) is 36.5 Å². The van der Waals surface area contributed by atoms with Crippen molar-refractivity contribution in [2.24, 2.45) is 0 Å². The fourth-order valence-electron chi connectivity index (χ4n) is 3.81. The normalized spacial score (nSPS) is 16.1. The molecule has 4 rings (SSSR count). The summed E-state index contributed by atoms with van der Waals surface area (Å²) in [7, 11) is 1.20. The molecule has 2 heterocycles. The van der Waals surface area contributed by atoms with Gasteiger partial charge < -0.3 is 19.2 Å². The predicted octanol–water partition coefficient (Wildman–Crippen LogP) is 4.00. The maximum absolute atomic E-state index is 12.4. The number of nitrogens with zero attached hydrogens (tertiary/aromatic N) is 1. The van der Waals surface area contributed by atoms with Gasteiger partial charge in [0.15, 0.2) is 0 Å². The average Bonchev–Trinajstić information content (AvgIpc) is 2.87. The quantitative estimate of drug-likeness (QED) is 0.255. The minimum atomic E-state index is -0.761. The average molecular weight is 551 g/mol. The van der Waals surface area contributed by atoms with E-state index < -0.39 is 11.6 Å². The van der Waals surface area contributed by atoms with Crippen LogP contribution in [-0.4, -0.2) is 62.0 Å². The van der Waals surface area contributed by atoms with E-state index in [9.17, 15) is 14.4 Å². The third-order valence-electron chi connectivity index (χ3n) is 5.62. The summed E-state index contributed by atoms with van der Waals surface area (Å²) in [6, 6.07) is 12.2. The Morgan fingerprint density at radius 2 is 2.00 bits per heavy atom. The van der Waals surface area contributed by atoms with Gasteiger partial charge in [0.25, 0.3) is 0 Å². The lowest BCUT2D eigenvalue weighted by atomic mass is 10.2. The van der Waals surface area contributed by atoms with Crippen LogP contribution in [-0.2, 0) is 20.8 Å². The minimum absolute atomic E-state index is 0.115. The smallest absolute Gasteiger partial charge is 0.351 e. The summed E-state index contributed by atoms with van der Waals surface area (Å²) in [5.41, 5.74) is 0.486. The van der Waals surface area contributed by atoms with E-state index in [1.807, 2.05) is 12.1 Å². The van der Waals surface area contributed by atoms with E-state index in [-0.39, 0.29) is 23.3 Å². The molecule has 190 valence electrons. The Labute approximate surface area is 221 Å². The van der Waals surface area contributed by atoms with Crippen LogP contribution in [0.5, 0.6) is 0 Å². The number of methoxy groups -OCH3 is 1. The molecular weight excluding hydrogens is 527 g/mol. The van der Waals surface area contributed by atoms with Crippen molar-refractivity contribution in [1.29, 1.82) is 0 Å². The van der Waals surface area contributed by atoms with Crippen molar-refractivity contribution in [2.75, 3.05) is 39.1 Å². The van der Waals surface area contributed by atoms with Gasteiger partial charge in [0.1, 0.15) is 11.1 Å². The Morgan fingerprint density at radius 3 is 2.78 bits per heavy atom. The molecule has 1 fully saturated rings. The molecule has 0 aliphatic carbocycles. The third kappa shape index (κ3) is 6.80. The van der Waals surface area contributed by atoms with E-state index in [1.165, 1.54) is 24.9 Å². The lowest BCUT2D eigenvalue weighted by Gasteiger charge is -2.33. The van der Waals surface area contributed by atoms with Gasteiger partial charge in [-0.25, -0.2) is 9.59 Å². The summed E-state index contributed by atoms with van der Waals surface area (Å²) in [6.45, 7) is 3.19. The molecule has 11 heteroatoms. The summed E-state index contributed by atoms with van der Waals surface area (Å²) in [5.74, 6) is -0.685. The van der Waals surface area contributed by atoms with Crippen molar-refractivity contribution in [2.45, 2.75) is 17.5 Å². The second-order valence-electron chi connectivity index (χ2n) is 8.21. The van der Waals surface area contributed by atoms with Crippen LogP contribution in [0.1, 0.15) is 15.9 Å². The Hall–Kier alpha value is -2.56. The molecule has 1 N–H and O–H groups in total. The van der Waals surface area contributed by atoms with Crippen molar-refractivity contribution >= 4 is 57.8 Å². The number of rotatable bonds is 8. The van der Waals surface area contributed by atoms with Crippen LogP contribution in [0.3, 0.4) is 0 Å². The molecule has 1 aromatic heterocycles. The van der Waals surface area contributed by atoms with Gasteiger partial charge in [0.2, 0.25) is 5.91 Å². The van der Waals surface area contributed by atoms with Gasteiger partial charge in [-0.3, -0.25) is 9.69 Å². The molecule has 2 aromatic carbocycles. The zero-order valence-electron chi connectivity index (χ0n) is 19.4. The number of hydrogen-bond acceptors (Lipinski definition) is 8. The van der Waals surface area contributed by atoms with E-state index in [4.69, 9.17) is 32.4 Å². The zero-order valence-corrected chi connectivity index (χ0v) is 21.8. The molecule has 8 nitrogen and oxygen atoms in total. The predicted molar refractivity (Wildman–Crippen MR) is 139 cm³/mol. The Morgan fingerprint density at radius 1 is 1.17 bits per heavy atom. The fraction of sp³-hybridized carbons (Fsp3) is 0.320. The highest BCUT2D eigenvalue weighted by atomic mass is 35.5. The third-order valence-corrected chi connectivity index (χ3v) is 7.35. The zero-order chi connectivity index (χ0) is 25.7. The summed E-state index contributed by atoms with van der Waals surface area (Å²) in [6.07, 6.45) is -0.115. The first kappa shape index (κ1) is 26.5. The SMILES string of the molecule is COC(=O)c1cc2cc(SCC(=O)NC[C@H]3CN(Cc4ccc(Cl)c(Cl)c4)CCO3)ccc2oc1=O. The highest BCUT2D eigenvalue weighted by Crippen LogP contribution is 2.25. The van der Waals surface area contributed by atoms with Crippen LogP contribution in [0.15, 0.2) is 56.6 Å². The molecule has 1 amide bonds. The van der Waals surface area contributed by atoms with E-state index in [0.29, 0.717) is 40.7 Å². The molecule has 0 spiro atoms. The number of amides is 1. The highest BCUT2D eigenvalue weighted by molar-refractivity contribution is 8.00. The van der Waals surface area contributed by atoms with Crippen LogP contribution in [0.25, 0.3) is 11.0 Å². The van der Waals surface area contributed by atoms with E-state index in [1.54, 1.807) is 24.3 Å². The number of thioether (sulfide) groups is 1. The second-order valence-corrected chi connectivity index (χ2v) is 10.1. The van der Waals surface area contributed by atoms with Crippen LogP contribution < -0.4 is 10.9 Å². The molecule has 0 unspecified atom stereocenters. The van der Waals surface area contributed by atoms with E-state index in [2.05, 4.69) is 15.0 Å². The number of halogens is 2. The first-order valence-electron chi connectivity index (χ1n) is 11.2. The molecule has 1 aliphatic heterocycles. The van der Waals surface area contributed by atoms with Gasteiger partial charge in [-0.15, -0.1) is 11.8 Å². The van der Waals surface area contributed by atoms with Crippen molar-refractivity contribution in [3.63, 3.8) is 0 Å². The summed E-state index contributed by atoms with van der Waals surface area (Å²) in [5, 5.41) is 4.56. The van der Waals surface area contributed by atoms with Crippen LogP contribution >= 0.6 is 35.0 Å². The number of ether oxygens (including phenoxy) is 2. The van der Waals surface area contributed by atoms with Crippen LogP contribution in [0, 0.1) is 0 Å². The number of hydrogen-bond donors (Lipinski definition) is 1. The lowest BCUT2D eigenvalue weighted by molar-refractivity contribution is -0.119. The number of carbonyl (C=O) groups is 2. The van der Waals surface area contributed by atoms with Crippen molar-refractivity contribution in [1.82, 2.24) is 10.2 Å². The van der Waals surface area contributed by atoms with Gasteiger partial charge in [-0.2, -0.15) is 0 Å². The van der Waals surface area contributed by atoms with Gasteiger partial charge in [-0.05, 0) is 42.0 Å². The van der Waals surface area contributed by atoms with Crippen molar-refractivity contribution < 1.29 is 23.5 Å². The summed E-state index contributed by atoms with van der Waals surface area (Å²) >= 11 is 13.5. The van der Waals surface area contributed by atoms with E-state index in [0.717, 1.165) is 23.5 Å². The lowest BCUT2D eigenvalue weighted by Crippen LogP contribution is -2.47. The number of nitrogens with one attached hydrogen (secondary N) is 1. The number of morpholine rings is 1. The number of esters is 1.